The Morgan fingerprint density at radius 2 is 1.62 bits per heavy atom. The van der Waals surface area contributed by atoms with E-state index in [2.05, 4.69) is 11.5 Å². The monoisotopic (exact) mass is 237 g/mol. The van der Waals surface area contributed by atoms with Gasteiger partial charge in [-0.2, -0.15) is 13.2 Å². The van der Waals surface area contributed by atoms with E-state index >= 15 is 0 Å². The quantitative estimate of drug-likeness (QED) is 0.730. The predicted octanol–water partition coefficient (Wildman–Crippen LogP) is 0.681. The molecule has 0 aromatic carbocycles. The van der Waals surface area contributed by atoms with Crippen molar-refractivity contribution in [3.05, 3.63) is 12.2 Å². The molecule has 0 atom stereocenters. The van der Waals surface area contributed by atoms with Crippen LogP contribution in [0.1, 0.15) is 0 Å². The summed E-state index contributed by atoms with van der Waals surface area (Å²) in [7, 11) is 0. The predicted molar refractivity (Wildman–Crippen MR) is 57.1 cm³/mol. The summed E-state index contributed by atoms with van der Waals surface area (Å²) >= 11 is 0. The minimum atomic E-state index is -4.09. The van der Waals surface area contributed by atoms with Gasteiger partial charge in [0, 0.05) is 39.3 Å². The van der Waals surface area contributed by atoms with E-state index in [9.17, 15) is 13.2 Å². The van der Waals surface area contributed by atoms with E-state index in [1.807, 2.05) is 0 Å². The molecule has 2 N–H and O–H groups in total. The van der Waals surface area contributed by atoms with Crippen molar-refractivity contribution in [3.8, 4) is 0 Å². The van der Waals surface area contributed by atoms with E-state index in [0.29, 0.717) is 39.3 Å². The highest BCUT2D eigenvalue weighted by atomic mass is 19.4. The van der Waals surface area contributed by atoms with Crippen LogP contribution in [0.3, 0.4) is 0 Å². The Morgan fingerprint density at radius 3 is 2.06 bits per heavy atom. The normalized spacial score (nSPS) is 20.0. The Bertz CT molecular complexity index is 232. The minimum absolute atomic E-state index is 0.433. The van der Waals surface area contributed by atoms with Crippen LogP contribution in [0.5, 0.6) is 0 Å². The van der Waals surface area contributed by atoms with Crippen LogP contribution in [-0.2, 0) is 0 Å². The van der Waals surface area contributed by atoms with Crippen LogP contribution in [0.15, 0.2) is 12.2 Å². The first-order valence-electron chi connectivity index (χ1n) is 5.29. The Morgan fingerprint density at radius 1 is 1.12 bits per heavy atom. The molecule has 1 rings (SSSR count). The van der Waals surface area contributed by atoms with Gasteiger partial charge in [0.25, 0.3) is 0 Å². The maximum absolute atomic E-state index is 12.1. The third-order valence-electron chi connectivity index (χ3n) is 2.60. The van der Waals surface area contributed by atoms with Gasteiger partial charge >= 0.3 is 6.18 Å². The van der Waals surface area contributed by atoms with Crippen LogP contribution in [0.25, 0.3) is 0 Å². The van der Waals surface area contributed by atoms with Crippen molar-refractivity contribution in [2.24, 2.45) is 5.73 Å². The van der Waals surface area contributed by atoms with Gasteiger partial charge in [-0.1, -0.05) is 6.58 Å². The summed E-state index contributed by atoms with van der Waals surface area (Å²) in [5, 5.41) is 0. The average Bonchev–Trinajstić information content (AvgIpc) is 2.18. The number of hydrogen-bond acceptors (Lipinski definition) is 3. The Balaban J connectivity index is 2.26. The summed E-state index contributed by atoms with van der Waals surface area (Å²) in [5.74, 6) is 0. The van der Waals surface area contributed by atoms with Gasteiger partial charge in [-0.3, -0.25) is 9.80 Å². The van der Waals surface area contributed by atoms with E-state index in [1.54, 1.807) is 0 Å². The van der Waals surface area contributed by atoms with E-state index in [-0.39, 0.29) is 0 Å². The smallest absolute Gasteiger partial charge is 0.327 e. The molecule has 0 aliphatic carbocycles. The minimum Gasteiger partial charge on any atom is -0.327 e. The van der Waals surface area contributed by atoms with Gasteiger partial charge in [0.15, 0.2) is 0 Å². The summed E-state index contributed by atoms with van der Waals surface area (Å²) < 4.78 is 36.3. The third-order valence-corrected chi connectivity index (χ3v) is 2.60. The number of hydrogen-bond donors (Lipinski definition) is 1. The van der Waals surface area contributed by atoms with E-state index < -0.39 is 12.7 Å². The number of nitrogens with two attached hydrogens (primary N) is 1. The zero-order valence-corrected chi connectivity index (χ0v) is 9.26. The molecule has 0 aromatic heterocycles. The summed E-state index contributed by atoms with van der Waals surface area (Å²) in [5.41, 5.74) is 6.34. The standard InChI is InChI=1S/C10H18F3N3/c1-9(6-14)7-15-2-4-16(5-3-15)8-10(11,12)13/h1-8,14H2. The maximum Gasteiger partial charge on any atom is 0.401 e. The molecule has 16 heavy (non-hydrogen) atoms. The van der Waals surface area contributed by atoms with Crippen LogP contribution in [0, 0.1) is 0 Å². The van der Waals surface area contributed by atoms with Crippen LogP contribution in [-0.4, -0.2) is 61.8 Å². The van der Waals surface area contributed by atoms with Crippen molar-refractivity contribution in [2.75, 3.05) is 45.8 Å². The summed E-state index contributed by atoms with van der Waals surface area (Å²) in [6.45, 7) is 6.31. The molecule has 0 aromatic rings. The molecule has 1 heterocycles. The van der Waals surface area contributed by atoms with Gasteiger partial charge in [0.2, 0.25) is 0 Å². The molecule has 3 nitrogen and oxygen atoms in total. The highest BCUT2D eigenvalue weighted by molar-refractivity contribution is 4.99. The summed E-state index contributed by atoms with van der Waals surface area (Å²) in [6, 6.07) is 0. The zero-order chi connectivity index (χ0) is 12.2. The van der Waals surface area contributed by atoms with Gasteiger partial charge in [-0.25, -0.2) is 0 Å². The Kier molecular flexibility index (Phi) is 4.76. The summed E-state index contributed by atoms with van der Waals surface area (Å²) in [6.07, 6.45) is -4.09. The second kappa shape index (κ2) is 5.65. The molecule has 0 bridgehead atoms. The lowest BCUT2D eigenvalue weighted by molar-refractivity contribution is -0.149. The number of nitrogens with zero attached hydrogens (tertiary/aromatic N) is 2. The number of halogens is 3. The fourth-order valence-electron chi connectivity index (χ4n) is 1.74. The highest BCUT2D eigenvalue weighted by Crippen LogP contribution is 2.17. The molecule has 0 radical (unpaired) electrons. The molecule has 0 saturated carbocycles. The fraction of sp³-hybridized carbons (Fsp3) is 0.800. The lowest BCUT2D eigenvalue weighted by Crippen LogP contribution is -2.49. The topological polar surface area (TPSA) is 32.5 Å². The molecule has 0 amide bonds. The lowest BCUT2D eigenvalue weighted by atomic mass is 10.2. The Hall–Kier alpha value is -0.590. The molecule has 1 aliphatic rings. The molecular weight excluding hydrogens is 219 g/mol. The van der Waals surface area contributed by atoms with E-state index in [0.717, 1.165) is 5.57 Å². The molecule has 0 unspecified atom stereocenters. The molecule has 1 fully saturated rings. The molecule has 6 heteroatoms. The van der Waals surface area contributed by atoms with Gasteiger partial charge in [-0.15, -0.1) is 0 Å². The maximum atomic E-state index is 12.1. The second-order valence-electron chi connectivity index (χ2n) is 4.12. The average molecular weight is 237 g/mol. The van der Waals surface area contributed by atoms with Crippen molar-refractivity contribution >= 4 is 0 Å². The first kappa shape index (κ1) is 13.5. The molecule has 94 valence electrons. The summed E-state index contributed by atoms with van der Waals surface area (Å²) in [4.78, 5) is 3.52. The van der Waals surface area contributed by atoms with Gasteiger partial charge < -0.3 is 5.73 Å². The zero-order valence-electron chi connectivity index (χ0n) is 9.26. The van der Waals surface area contributed by atoms with Crippen LogP contribution in [0.4, 0.5) is 13.2 Å². The van der Waals surface area contributed by atoms with Crippen LogP contribution >= 0.6 is 0 Å². The second-order valence-corrected chi connectivity index (χ2v) is 4.12. The van der Waals surface area contributed by atoms with Crippen LogP contribution < -0.4 is 5.73 Å². The number of rotatable bonds is 4. The molecule has 1 aliphatic heterocycles. The SMILES string of the molecule is C=C(CN)CN1CCN(CC(F)(F)F)CC1. The lowest BCUT2D eigenvalue weighted by Gasteiger charge is -2.35. The van der Waals surface area contributed by atoms with Crippen molar-refractivity contribution < 1.29 is 13.2 Å². The molecule has 1 saturated heterocycles. The number of alkyl halides is 3. The van der Waals surface area contributed by atoms with Crippen molar-refractivity contribution in [3.63, 3.8) is 0 Å². The fourth-order valence-corrected chi connectivity index (χ4v) is 1.74. The van der Waals surface area contributed by atoms with Crippen molar-refractivity contribution in [2.45, 2.75) is 6.18 Å². The van der Waals surface area contributed by atoms with Crippen molar-refractivity contribution in [1.29, 1.82) is 0 Å². The largest absolute Gasteiger partial charge is 0.401 e. The first-order chi connectivity index (χ1) is 7.40. The van der Waals surface area contributed by atoms with Gasteiger partial charge in [-0.05, 0) is 5.57 Å². The Labute approximate surface area is 93.7 Å². The van der Waals surface area contributed by atoms with Gasteiger partial charge in [0.05, 0.1) is 6.54 Å². The van der Waals surface area contributed by atoms with Crippen LogP contribution in [0.2, 0.25) is 0 Å². The molecular formula is C10H18F3N3. The first-order valence-corrected chi connectivity index (χ1v) is 5.29. The number of piperazine rings is 1. The van der Waals surface area contributed by atoms with Crippen molar-refractivity contribution in [1.82, 2.24) is 9.80 Å². The van der Waals surface area contributed by atoms with E-state index in [4.69, 9.17) is 5.73 Å². The highest BCUT2D eigenvalue weighted by Gasteiger charge is 2.31. The molecule has 0 spiro atoms. The van der Waals surface area contributed by atoms with Gasteiger partial charge in [0.1, 0.15) is 0 Å². The third kappa shape index (κ3) is 4.96. The van der Waals surface area contributed by atoms with E-state index in [1.165, 1.54) is 4.90 Å².